The third kappa shape index (κ3) is 3.52. The molecule has 0 amide bonds. The highest BCUT2D eigenvalue weighted by molar-refractivity contribution is 7.98. The van der Waals surface area contributed by atoms with Crippen molar-refractivity contribution in [1.82, 2.24) is 19.6 Å². The zero-order chi connectivity index (χ0) is 17.1. The van der Waals surface area contributed by atoms with Crippen molar-refractivity contribution in [1.29, 1.82) is 0 Å². The van der Waals surface area contributed by atoms with Gasteiger partial charge in [-0.2, -0.15) is 9.50 Å². The first-order valence-corrected chi connectivity index (χ1v) is 8.71. The third-order valence-electron chi connectivity index (χ3n) is 3.34. The van der Waals surface area contributed by atoms with E-state index in [-0.39, 0.29) is 0 Å². The standard InChI is InChI=1S/C16H15ClN4O2S/c1-3-23-14(22)13-8-18-15-19-16(20-21(15)10(13)2)24-9-11-5-4-6-12(17)7-11/h4-8H,3,9H2,1-2H3. The zero-order valence-corrected chi connectivity index (χ0v) is 14.8. The quantitative estimate of drug-likeness (QED) is 0.510. The predicted octanol–water partition coefficient (Wildman–Crippen LogP) is 3.56. The van der Waals surface area contributed by atoms with Crippen LogP contribution in [0.1, 0.15) is 28.5 Å². The van der Waals surface area contributed by atoms with Crippen LogP contribution in [-0.2, 0) is 10.5 Å². The van der Waals surface area contributed by atoms with Crippen molar-refractivity contribution in [2.75, 3.05) is 6.61 Å². The Bertz CT molecular complexity index is 897. The number of halogens is 1. The van der Waals surface area contributed by atoms with Crippen LogP contribution in [0.15, 0.2) is 35.6 Å². The van der Waals surface area contributed by atoms with Crippen molar-refractivity contribution in [3.8, 4) is 0 Å². The molecule has 0 N–H and O–H groups in total. The Labute approximate surface area is 148 Å². The second-order valence-corrected chi connectivity index (χ2v) is 6.38. The highest BCUT2D eigenvalue weighted by Crippen LogP contribution is 2.22. The van der Waals surface area contributed by atoms with Gasteiger partial charge in [-0.1, -0.05) is 35.5 Å². The highest BCUT2D eigenvalue weighted by atomic mass is 35.5. The minimum absolute atomic E-state index is 0.314. The summed E-state index contributed by atoms with van der Waals surface area (Å²) in [6.07, 6.45) is 1.47. The average molecular weight is 363 g/mol. The van der Waals surface area contributed by atoms with E-state index in [1.807, 2.05) is 24.3 Å². The van der Waals surface area contributed by atoms with Crippen molar-refractivity contribution < 1.29 is 9.53 Å². The van der Waals surface area contributed by atoms with E-state index < -0.39 is 5.97 Å². The molecule has 2 heterocycles. The van der Waals surface area contributed by atoms with Crippen LogP contribution < -0.4 is 0 Å². The molecule has 0 radical (unpaired) electrons. The van der Waals surface area contributed by atoms with Crippen LogP contribution in [0.5, 0.6) is 0 Å². The maximum Gasteiger partial charge on any atom is 0.341 e. The van der Waals surface area contributed by atoms with Gasteiger partial charge in [-0.15, -0.1) is 5.10 Å². The SMILES string of the molecule is CCOC(=O)c1cnc2nc(SCc3cccc(Cl)c3)nn2c1C. The molecule has 2 aromatic heterocycles. The molecule has 1 aromatic carbocycles. The van der Waals surface area contributed by atoms with Gasteiger partial charge < -0.3 is 4.74 Å². The van der Waals surface area contributed by atoms with Gasteiger partial charge in [0.2, 0.25) is 5.16 Å². The summed E-state index contributed by atoms with van der Waals surface area (Å²) in [5.41, 5.74) is 2.13. The summed E-state index contributed by atoms with van der Waals surface area (Å²) in [5.74, 6) is 0.739. The van der Waals surface area contributed by atoms with Crippen LogP contribution in [0.3, 0.4) is 0 Å². The number of esters is 1. The summed E-state index contributed by atoms with van der Waals surface area (Å²) in [7, 11) is 0. The second-order valence-electron chi connectivity index (χ2n) is 5.00. The molecule has 0 aliphatic carbocycles. The fourth-order valence-corrected chi connectivity index (χ4v) is 3.14. The van der Waals surface area contributed by atoms with E-state index in [4.69, 9.17) is 16.3 Å². The van der Waals surface area contributed by atoms with Crippen LogP contribution in [0, 0.1) is 6.92 Å². The molecule has 3 rings (SSSR count). The van der Waals surface area contributed by atoms with Gasteiger partial charge in [-0.25, -0.2) is 9.78 Å². The molecule has 6 nitrogen and oxygen atoms in total. The summed E-state index contributed by atoms with van der Waals surface area (Å²) in [6.45, 7) is 3.87. The zero-order valence-electron chi connectivity index (χ0n) is 13.2. The Kier molecular flexibility index (Phi) is 5.01. The Morgan fingerprint density at radius 1 is 1.42 bits per heavy atom. The molecule has 124 valence electrons. The number of carbonyl (C=O) groups is 1. The fraction of sp³-hybridized carbons (Fsp3) is 0.250. The highest BCUT2D eigenvalue weighted by Gasteiger charge is 2.16. The maximum atomic E-state index is 11.9. The maximum absolute atomic E-state index is 11.9. The van der Waals surface area contributed by atoms with Crippen molar-refractivity contribution in [2.24, 2.45) is 0 Å². The lowest BCUT2D eigenvalue weighted by Gasteiger charge is -2.05. The van der Waals surface area contributed by atoms with Crippen LogP contribution >= 0.6 is 23.4 Å². The Hall–Kier alpha value is -2.12. The molecule has 0 saturated carbocycles. The molecule has 0 aliphatic rings. The summed E-state index contributed by atoms with van der Waals surface area (Å²) in [5, 5.41) is 5.71. The topological polar surface area (TPSA) is 69.4 Å². The molecule has 24 heavy (non-hydrogen) atoms. The number of hydrogen-bond acceptors (Lipinski definition) is 6. The monoisotopic (exact) mass is 362 g/mol. The molecule has 0 unspecified atom stereocenters. The lowest BCUT2D eigenvalue weighted by atomic mass is 10.2. The number of aryl methyl sites for hydroxylation is 1. The van der Waals surface area contributed by atoms with Gasteiger partial charge in [0.1, 0.15) is 0 Å². The largest absolute Gasteiger partial charge is 0.462 e. The number of fused-ring (bicyclic) bond motifs is 1. The van der Waals surface area contributed by atoms with Gasteiger partial charge in [0.15, 0.2) is 0 Å². The van der Waals surface area contributed by atoms with E-state index >= 15 is 0 Å². The first kappa shape index (κ1) is 16.7. The van der Waals surface area contributed by atoms with E-state index in [0.717, 1.165) is 5.56 Å². The lowest BCUT2D eigenvalue weighted by Crippen LogP contribution is -2.11. The number of ether oxygens (including phenoxy) is 1. The number of thioether (sulfide) groups is 1. The minimum Gasteiger partial charge on any atom is -0.462 e. The molecule has 0 aliphatic heterocycles. The van der Waals surface area contributed by atoms with E-state index in [1.165, 1.54) is 18.0 Å². The van der Waals surface area contributed by atoms with Crippen LogP contribution in [0.25, 0.3) is 5.78 Å². The van der Waals surface area contributed by atoms with E-state index in [2.05, 4.69) is 15.1 Å². The lowest BCUT2D eigenvalue weighted by molar-refractivity contribution is 0.0524. The summed E-state index contributed by atoms with van der Waals surface area (Å²) >= 11 is 7.47. The third-order valence-corrected chi connectivity index (χ3v) is 4.48. The Balaban J connectivity index is 1.83. The average Bonchev–Trinajstić information content (AvgIpc) is 2.98. The summed E-state index contributed by atoms with van der Waals surface area (Å²) < 4.78 is 6.58. The summed E-state index contributed by atoms with van der Waals surface area (Å²) in [4.78, 5) is 20.5. The molecule has 0 spiro atoms. The van der Waals surface area contributed by atoms with Gasteiger partial charge in [0.25, 0.3) is 5.78 Å². The van der Waals surface area contributed by atoms with Gasteiger partial charge in [-0.05, 0) is 31.5 Å². The molecule has 0 bridgehead atoms. The van der Waals surface area contributed by atoms with Crippen molar-refractivity contribution in [2.45, 2.75) is 24.8 Å². The van der Waals surface area contributed by atoms with Crippen LogP contribution in [0.4, 0.5) is 0 Å². The summed E-state index contributed by atoms with van der Waals surface area (Å²) in [6, 6.07) is 7.65. The number of benzene rings is 1. The number of hydrogen-bond donors (Lipinski definition) is 0. The second kappa shape index (κ2) is 7.19. The molecular formula is C16H15ClN4O2S. The molecular weight excluding hydrogens is 348 g/mol. The van der Waals surface area contributed by atoms with Gasteiger partial charge in [0.05, 0.1) is 17.9 Å². The molecule has 0 fully saturated rings. The minimum atomic E-state index is -0.409. The van der Waals surface area contributed by atoms with E-state index in [9.17, 15) is 4.79 Å². The molecule has 8 heteroatoms. The smallest absolute Gasteiger partial charge is 0.341 e. The number of nitrogens with zero attached hydrogens (tertiary/aromatic N) is 4. The molecule has 0 saturated heterocycles. The van der Waals surface area contributed by atoms with Crippen LogP contribution in [-0.4, -0.2) is 32.2 Å². The van der Waals surface area contributed by atoms with Crippen LogP contribution in [0.2, 0.25) is 5.02 Å². The number of rotatable bonds is 5. The van der Waals surface area contributed by atoms with Gasteiger partial charge >= 0.3 is 5.97 Å². The van der Waals surface area contributed by atoms with Crippen molar-refractivity contribution in [3.63, 3.8) is 0 Å². The molecule has 3 aromatic rings. The Morgan fingerprint density at radius 2 is 2.25 bits per heavy atom. The number of carbonyl (C=O) groups excluding carboxylic acids is 1. The van der Waals surface area contributed by atoms with Gasteiger partial charge in [-0.3, -0.25) is 0 Å². The number of aromatic nitrogens is 4. The normalized spacial score (nSPS) is 11.0. The Morgan fingerprint density at radius 3 is 3.00 bits per heavy atom. The fourth-order valence-electron chi connectivity index (χ4n) is 2.17. The van der Waals surface area contributed by atoms with Gasteiger partial charge in [0, 0.05) is 17.0 Å². The van der Waals surface area contributed by atoms with E-state index in [1.54, 1.807) is 18.4 Å². The first-order chi connectivity index (χ1) is 11.6. The first-order valence-electron chi connectivity index (χ1n) is 7.35. The van der Waals surface area contributed by atoms with Crippen molar-refractivity contribution >= 4 is 35.1 Å². The van der Waals surface area contributed by atoms with E-state index in [0.29, 0.717) is 39.6 Å². The predicted molar refractivity (Wildman–Crippen MR) is 92.5 cm³/mol. The molecule has 0 atom stereocenters. The van der Waals surface area contributed by atoms with Crippen molar-refractivity contribution in [3.05, 3.63) is 52.3 Å².